The van der Waals surface area contributed by atoms with Gasteiger partial charge in [-0.3, -0.25) is 0 Å². The molecule has 0 aliphatic rings. The summed E-state index contributed by atoms with van der Waals surface area (Å²) in [4.78, 5) is 0. The van der Waals surface area contributed by atoms with Gasteiger partial charge in [0, 0.05) is 22.5 Å². The predicted octanol–water partition coefficient (Wildman–Crippen LogP) is 8.44. The molecule has 0 radical (unpaired) electrons. The molecule has 0 N–H and O–H groups in total. The van der Waals surface area contributed by atoms with Crippen LogP contribution in [0.4, 0.5) is 0 Å². The summed E-state index contributed by atoms with van der Waals surface area (Å²) in [6.45, 7) is 4.15. The maximum Gasteiger partial charge on any atom is 0.120 e. The van der Waals surface area contributed by atoms with Crippen LogP contribution in [0, 0.1) is 0 Å². The normalized spacial score (nSPS) is 12.2. The molecule has 0 saturated carbocycles. The first-order chi connectivity index (χ1) is 16.2. The summed E-state index contributed by atoms with van der Waals surface area (Å²) < 4.78 is 7.85. The lowest BCUT2D eigenvalue weighted by Crippen LogP contribution is -1.95. The van der Waals surface area contributed by atoms with Crippen LogP contribution >= 0.6 is 0 Å². The molecule has 1 heterocycles. The molecule has 1 aromatic heterocycles. The summed E-state index contributed by atoms with van der Waals surface area (Å²) >= 11 is 0. The van der Waals surface area contributed by atoms with Crippen molar-refractivity contribution in [2.24, 2.45) is 0 Å². The Morgan fingerprint density at radius 2 is 1.48 bits per heavy atom. The first-order valence-electron chi connectivity index (χ1n) is 11.3. The summed E-state index contributed by atoms with van der Waals surface area (Å²) in [6.07, 6.45) is 6.42. The van der Waals surface area contributed by atoms with Crippen molar-refractivity contribution < 1.29 is 4.74 Å². The lowest BCUT2D eigenvalue weighted by Gasteiger charge is -2.10. The molecule has 0 fully saturated rings. The van der Waals surface area contributed by atoms with E-state index in [1.54, 1.807) is 7.11 Å². The summed E-state index contributed by atoms with van der Waals surface area (Å²) in [7, 11) is 1.71. The van der Waals surface area contributed by atoms with Gasteiger partial charge in [-0.1, -0.05) is 66.8 Å². The van der Waals surface area contributed by atoms with Crippen molar-refractivity contribution in [1.82, 2.24) is 4.57 Å². The third-order valence-corrected chi connectivity index (χ3v) is 6.17. The molecule has 2 nitrogen and oxygen atoms in total. The predicted molar refractivity (Wildman–Crippen MR) is 141 cm³/mol. The zero-order chi connectivity index (χ0) is 22.8. The van der Waals surface area contributed by atoms with Gasteiger partial charge >= 0.3 is 0 Å². The standard InChI is InChI=1S/C31H27NO/c1-4-10-22(5-2)24-15-17-30-28(19-24)29-20-25(23-11-7-6-8-12-23)16-18-31(29)32(30)26-13-9-14-27(21-26)33-3/h4-21H,1-3H3/b10-4-,22-5+. The van der Waals surface area contributed by atoms with Crippen LogP contribution in [0.3, 0.4) is 0 Å². The number of ether oxygens (including phenoxy) is 1. The van der Waals surface area contributed by atoms with Crippen molar-refractivity contribution >= 4 is 27.4 Å². The van der Waals surface area contributed by atoms with Crippen LogP contribution in [0.1, 0.15) is 19.4 Å². The van der Waals surface area contributed by atoms with Crippen molar-refractivity contribution in [2.75, 3.05) is 7.11 Å². The van der Waals surface area contributed by atoms with Gasteiger partial charge in [0.15, 0.2) is 0 Å². The minimum absolute atomic E-state index is 0.851. The number of rotatable bonds is 5. The fraction of sp³-hybridized carbons (Fsp3) is 0.0968. The number of fused-ring (bicyclic) bond motifs is 3. The Morgan fingerprint density at radius 3 is 2.21 bits per heavy atom. The Kier molecular flexibility index (Phi) is 5.58. The molecule has 4 aromatic carbocycles. The highest BCUT2D eigenvalue weighted by Crippen LogP contribution is 2.37. The summed E-state index contributed by atoms with van der Waals surface area (Å²) in [5, 5.41) is 2.49. The molecule has 0 spiro atoms. The SMILES string of the molecule is C/C=C\C(=C/C)c1ccc2c(c1)c1cc(-c3ccccc3)ccc1n2-c1cccc(OC)c1. The molecule has 0 unspecified atom stereocenters. The van der Waals surface area contributed by atoms with Gasteiger partial charge in [0.1, 0.15) is 5.75 Å². The number of methoxy groups -OCH3 is 1. The number of hydrogen-bond acceptors (Lipinski definition) is 1. The number of allylic oxidation sites excluding steroid dienone is 4. The Morgan fingerprint density at radius 1 is 0.727 bits per heavy atom. The minimum atomic E-state index is 0.851. The van der Waals surface area contributed by atoms with E-state index in [9.17, 15) is 0 Å². The third-order valence-electron chi connectivity index (χ3n) is 6.17. The fourth-order valence-corrected chi connectivity index (χ4v) is 4.58. The molecule has 0 atom stereocenters. The number of aromatic nitrogens is 1. The number of nitrogens with zero attached hydrogens (tertiary/aromatic N) is 1. The van der Waals surface area contributed by atoms with Crippen molar-refractivity contribution in [3.05, 3.63) is 115 Å². The Balaban J connectivity index is 1.83. The first kappa shape index (κ1) is 20.8. The molecule has 0 saturated heterocycles. The summed E-state index contributed by atoms with van der Waals surface area (Å²) in [6, 6.07) is 32.4. The first-order valence-corrected chi connectivity index (χ1v) is 11.3. The van der Waals surface area contributed by atoms with Gasteiger partial charge in [-0.2, -0.15) is 0 Å². The molecule has 0 aliphatic heterocycles. The second-order valence-electron chi connectivity index (χ2n) is 8.11. The monoisotopic (exact) mass is 429 g/mol. The van der Waals surface area contributed by atoms with Crippen LogP contribution < -0.4 is 4.74 Å². The van der Waals surface area contributed by atoms with Gasteiger partial charge in [0.05, 0.1) is 18.1 Å². The van der Waals surface area contributed by atoms with Gasteiger partial charge in [0.25, 0.3) is 0 Å². The Hall–Kier alpha value is -4.04. The van der Waals surface area contributed by atoms with E-state index in [1.165, 1.54) is 44.1 Å². The van der Waals surface area contributed by atoms with Crippen LogP contribution in [-0.4, -0.2) is 11.7 Å². The molecular weight excluding hydrogens is 402 g/mol. The zero-order valence-electron chi connectivity index (χ0n) is 19.2. The topological polar surface area (TPSA) is 14.2 Å². The van der Waals surface area contributed by atoms with E-state index in [1.807, 2.05) is 12.1 Å². The van der Waals surface area contributed by atoms with Gasteiger partial charge < -0.3 is 9.30 Å². The molecule has 2 heteroatoms. The minimum Gasteiger partial charge on any atom is -0.497 e. The lowest BCUT2D eigenvalue weighted by molar-refractivity contribution is 0.414. The fourth-order valence-electron chi connectivity index (χ4n) is 4.58. The van der Waals surface area contributed by atoms with Crippen LogP contribution in [0.15, 0.2) is 109 Å². The molecular formula is C31H27NO. The van der Waals surface area contributed by atoms with E-state index in [0.29, 0.717) is 0 Å². The van der Waals surface area contributed by atoms with Gasteiger partial charge in [-0.05, 0) is 72.5 Å². The molecule has 0 amide bonds. The summed E-state index contributed by atoms with van der Waals surface area (Å²) in [5.41, 5.74) is 8.35. The van der Waals surface area contributed by atoms with Crippen LogP contribution in [-0.2, 0) is 0 Å². The molecule has 33 heavy (non-hydrogen) atoms. The highest BCUT2D eigenvalue weighted by Gasteiger charge is 2.15. The highest BCUT2D eigenvalue weighted by molar-refractivity contribution is 6.11. The molecule has 0 aliphatic carbocycles. The Labute approximate surface area is 195 Å². The van der Waals surface area contributed by atoms with Crippen molar-refractivity contribution in [2.45, 2.75) is 13.8 Å². The lowest BCUT2D eigenvalue weighted by atomic mass is 10.00. The van der Waals surface area contributed by atoms with Crippen LogP contribution in [0.25, 0.3) is 44.2 Å². The van der Waals surface area contributed by atoms with Crippen molar-refractivity contribution in [3.63, 3.8) is 0 Å². The maximum atomic E-state index is 5.52. The molecule has 162 valence electrons. The summed E-state index contributed by atoms with van der Waals surface area (Å²) in [5.74, 6) is 0.851. The van der Waals surface area contributed by atoms with E-state index in [2.05, 4.69) is 116 Å². The number of hydrogen-bond donors (Lipinski definition) is 0. The van der Waals surface area contributed by atoms with E-state index < -0.39 is 0 Å². The van der Waals surface area contributed by atoms with Crippen LogP contribution in [0.5, 0.6) is 5.75 Å². The molecule has 0 bridgehead atoms. The van der Waals surface area contributed by atoms with Gasteiger partial charge in [-0.15, -0.1) is 0 Å². The van der Waals surface area contributed by atoms with E-state index in [-0.39, 0.29) is 0 Å². The third kappa shape index (κ3) is 3.74. The zero-order valence-corrected chi connectivity index (χ0v) is 19.2. The van der Waals surface area contributed by atoms with E-state index in [0.717, 1.165) is 11.4 Å². The highest BCUT2D eigenvalue weighted by atomic mass is 16.5. The van der Waals surface area contributed by atoms with E-state index in [4.69, 9.17) is 4.74 Å². The average Bonchev–Trinajstić information content (AvgIpc) is 3.20. The number of benzene rings is 4. The second kappa shape index (κ2) is 8.84. The average molecular weight is 430 g/mol. The van der Waals surface area contributed by atoms with Gasteiger partial charge in [0.2, 0.25) is 0 Å². The van der Waals surface area contributed by atoms with Crippen molar-refractivity contribution in [1.29, 1.82) is 0 Å². The molecule has 5 aromatic rings. The largest absolute Gasteiger partial charge is 0.497 e. The Bertz CT molecular complexity index is 1500. The smallest absolute Gasteiger partial charge is 0.120 e. The quantitative estimate of drug-likeness (QED) is 0.256. The van der Waals surface area contributed by atoms with Crippen molar-refractivity contribution in [3.8, 4) is 22.6 Å². The van der Waals surface area contributed by atoms with E-state index >= 15 is 0 Å². The van der Waals surface area contributed by atoms with Gasteiger partial charge in [-0.25, -0.2) is 0 Å². The molecule has 5 rings (SSSR count). The van der Waals surface area contributed by atoms with Crippen LogP contribution in [0.2, 0.25) is 0 Å². The maximum absolute atomic E-state index is 5.52. The second-order valence-corrected chi connectivity index (χ2v) is 8.11.